The molecule has 0 aliphatic heterocycles. The lowest BCUT2D eigenvalue weighted by Gasteiger charge is -2.40. The lowest BCUT2D eigenvalue weighted by atomic mass is 9.64. The van der Waals surface area contributed by atoms with Crippen LogP contribution in [0.1, 0.15) is 44.1 Å². The molecule has 2 saturated carbocycles. The maximum Gasteiger partial charge on any atom is 0.0541 e. The van der Waals surface area contributed by atoms with E-state index in [0.717, 1.165) is 24.7 Å². The molecular weight excluding hydrogens is 544 g/mol. The second-order valence-electron chi connectivity index (χ2n) is 13.6. The molecule has 218 valence electrons. The highest BCUT2D eigenvalue weighted by atomic mass is 15.0. The van der Waals surface area contributed by atoms with Crippen LogP contribution in [0.2, 0.25) is 0 Å². The Bertz CT molecular complexity index is 2210. The summed E-state index contributed by atoms with van der Waals surface area (Å²) in [5.74, 6) is 1.49. The molecular formula is C43H36N2. The highest BCUT2D eigenvalue weighted by molar-refractivity contribution is 6.10. The number of rotatable bonds is 4. The van der Waals surface area contributed by atoms with Crippen LogP contribution in [0.15, 0.2) is 139 Å². The SMILES string of the molecule is C1=C(n2c3ccccc3c3ccccc32)CCC(C2(c3ccc(-n4c5ccccc5c5ccccc54)cc3)C3CCC2CC3)=C1. The second kappa shape index (κ2) is 9.59. The van der Waals surface area contributed by atoms with Gasteiger partial charge in [-0.2, -0.15) is 0 Å². The van der Waals surface area contributed by atoms with Crippen LogP contribution in [0.5, 0.6) is 0 Å². The van der Waals surface area contributed by atoms with Gasteiger partial charge in [0.25, 0.3) is 0 Å². The molecule has 0 amide bonds. The number of nitrogens with zero attached hydrogens (tertiary/aromatic N) is 2. The smallest absolute Gasteiger partial charge is 0.0541 e. The van der Waals surface area contributed by atoms with Gasteiger partial charge >= 0.3 is 0 Å². The Balaban J connectivity index is 1.09. The third kappa shape index (κ3) is 3.46. The molecule has 0 atom stereocenters. The van der Waals surface area contributed by atoms with Gasteiger partial charge in [-0.15, -0.1) is 0 Å². The molecule has 2 heterocycles. The molecule has 5 aromatic carbocycles. The van der Waals surface area contributed by atoms with Crippen LogP contribution in [-0.4, -0.2) is 9.13 Å². The Labute approximate surface area is 263 Å². The van der Waals surface area contributed by atoms with Crippen molar-refractivity contribution in [1.29, 1.82) is 0 Å². The minimum atomic E-state index is 0.169. The number of fused-ring (bicyclic) bond motifs is 8. The number of aromatic nitrogens is 2. The summed E-state index contributed by atoms with van der Waals surface area (Å²) in [5, 5.41) is 5.33. The number of benzene rings is 5. The van der Waals surface area contributed by atoms with Crippen LogP contribution < -0.4 is 0 Å². The van der Waals surface area contributed by atoms with Gasteiger partial charge in [-0.3, -0.25) is 0 Å². The van der Waals surface area contributed by atoms with E-state index in [4.69, 9.17) is 0 Å². The normalized spacial score (nSPS) is 22.9. The van der Waals surface area contributed by atoms with E-state index < -0.39 is 0 Å². The van der Waals surface area contributed by atoms with E-state index >= 15 is 0 Å². The first-order valence-corrected chi connectivity index (χ1v) is 16.8. The van der Waals surface area contributed by atoms with Gasteiger partial charge in [-0.05, 0) is 98.4 Å². The molecule has 0 radical (unpaired) electrons. The van der Waals surface area contributed by atoms with Crippen molar-refractivity contribution in [3.8, 4) is 5.69 Å². The zero-order chi connectivity index (χ0) is 29.5. The Hall–Kier alpha value is -4.82. The van der Waals surface area contributed by atoms with Crippen molar-refractivity contribution in [2.45, 2.75) is 43.9 Å². The lowest BCUT2D eigenvalue weighted by molar-refractivity contribution is 0.369. The summed E-state index contributed by atoms with van der Waals surface area (Å²) in [6.45, 7) is 0. The maximum absolute atomic E-state index is 2.54. The van der Waals surface area contributed by atoms with E-state index in [9.17, 15) is 0 Å². The van der Waals surface area contributed by atoms with Crippen LogP contribution >= 0.6 is 0 Å². The average Bonchev–Trinajstić information content (AvgIpc) is 3.85. The molecule has 2 aromatic heterocycles. The van der Waals surface area contributed by atoms with Crippen LogP contribution in [-0.2, 0) is 5.41 Å². The first-order valence-electron chi connectivity index (χ1n) is 16.8. The summed E-state index contributed by atoms with van der Waals surface area (Å²) in [4.78, 5) is 0. The van der Waals surface area contributed by atoms with Crippen molar-refractivity contribution in [3.05, 3.63) is 145 Å². The Kier molecular flexibility index (Phi) is 5.43. The van der Waals surface area contributed by atoms with Gasteiger partial charge in [0.05, 0.1) is 22.1 Å². The zero-order valence-corrected chi connectivity index (χ0v) is 25.5. The maximum atomic E-state index is 2.54. The van der Waals surface area contributed by atoms with Gasteiger partial charge < -0.3 is 9.13 Å². The van der Waals surface area contributed by atoms with Crippen molar-refractivity contribution in [2.75, 3.05) is 0 Å². The van der Waals surface area contributed by atoms with Crippen molar-refractivity contribution in [1.82, 2.24) is 9.13 Å². The number of hydrogen-bond donors (Lipinski definition) is 0. The third-order valence-electron chi connectivity index (χ3n) is 11.7. The fourth-order valence-corrected chi connectivity index (χ4v) is 9.99. The van der Waals surface area contributed by atoms with Crippen molar-refractivity contribution in [3.63, 3.8) is 0 Å². The summed E-state index contributed by atoms with van der Waals surface area (Å²) in [6.07, 6.45) is 12.7. The number of hydrogen-bond acceptors (Lipinski definition) is 0. The summed E-state index contributed by atoms with van der Waals surface area (Å²) in [6, 6.07) is 45.2. The summed E-state index contributed by atoms with van der Waals surface area (Å²) >= 11 is 0. The minimum Gasteiger partial charge on any atom is -0.313 e. The lowest BCUT2D eigenvalue weighted by Crippen LogP contribution is -2.34. The van der Waals surface area contributed by atoms with Crippen molar-refractivity contribution in [2.24, 2.45) is 11.8 Å². The van der Waals surface area contributed by atoms with E-state index in [0.29, 0.717) is 0 Å². The predicted molar refractivity (Wildman–Crippen MR) is 189 cm³/mol. The first kappa shape index (κ1) is 25.5. The molecule has 2 fully saturated rings. The van der Waals surface area contributed by atoms with Gasteiger partial charge in [0.1, 0.15) is 0 Å². The first-order chi connectivity index (χ1) is 22.3. The minimum absolute atomic E-state index is 0.169. The highest BCUT2D eigenvalue weighted by Crippen LogP contribution is 2.63. The molecule has 45 heavy (non-hydrogen) atoms. The molecule has 2 nitrogen and oxygen atoms in total. The Morgan fingerprint density at radius 1 is 0.444 bits per heavy atom. The quantitative estimate of drug-likeness (QED) is 0.196. The summed E-state index contributed by atoms with van der Waals surface area (Å²) in [7, 11) is 0. The molecule has 2 bridgehead atoms. The summed E-state index contributed by atoms with van der Waals surface area (Å²) < 4.78 is 4.97. The van der Waals surface area contributed by atoms with E-state index in [1.54, 1.807) is 5.57 Å². The van der Waals surface area contributed by atoms with E-state index in [1.165, 1.54) is 86.2 Å². The fourth-order valence-electron chi connectivity index (χ4n) is 9.99. The van der Waals surface area contributed by atoms with E-state index in [-0.39, 0.29) is 5.41 Å². The third-order valence-corrected chi connectivity index (χ3v) is 11.7. The molecule has 0 spiro atoms. The van der Waals surface area contributed by atoms with E-state index in [2.05, 4.69) is 143 Å². The fraction of sp³-hybridized carbons (Fsp3) is 0.209. The largest absolute Gasteiger partial charge is 0.313 e. The van der Waals surface area contributed by atoms with Crippen LogP contribution in [0.25, 0.3) is 55.0 Å². The van der Waals surface area contributed by atoms with Crippen molar-refractivity contribution < 1.29 is 0 Å². The molecule has 3 aliphatic carbocycles. The molecule has 2 heteroatoms. The zero-order valence-electron chi connectivity index (χ0n) is 25.5. The molecule has 0 N–H and O–H groups in total. The summed E-state index contributed by atoms with van der Waals surface area (Å²) in [5.41, 5.74) is 11.2. The van der Waals surface area contributed by atoms with Crippen molar-refractivity contribution >= 4 is 49.3 Å². The average molecular weight is 581 g/mol. The molecule has 0 saturated heterocycles. The van der Waals surface area contributed by atoms with Gasteiger partial charge in [-0.1, -0.05) is 96.6 Å². The molecule has 10 rings (SSSR count). The van der Waals surface area contributed by atoms with Gasteiger partial charge in [0.2, 0.25) is 0 Å². The van der Waals surface area contributed by atoms with Gasteiger partial charge in [-0.25, -0.2) is 0 Å². The number of para-hydroxylation sites is 4. The standard InChI is InChI=1S/C43H36N2/c1-5-13-39-35(9-1)36-10-2-6-14-40(36)44(39)33-25-21-31(22-26-33)43(29-17-18-30(43)20-19-29)32-23-27-34(28-24-32)45-41-15-7-3-11-37(41)38-12-4-8-16-42(38)45/h1-16,21-23,25-27,29-30H,17-20,24,28H2. The van der Waals surface area contributed by atoms with Gasteiger partial charge in [0, 0.05) is 38.3 Å². The predicted octanol–water partition coefficient (Wildman–Crippen LogP) is 11.2. The Morgan fingerprint density at radius 3 is 1.33 bits per heavy atom. The molecule has 7 aromatic rings. The monoisotopic (exact) mass is 580 g/mol. The topological polar surface area (TPSA) is 9.86 Å². The second-order valence-corrected chi connectivity index (χ2v) is 13.6. The van der Waals surface area contributed by atoms with Gasteiger partial charge in [0.15, 0.2) is 0 Å². The highest BCUT2D eigenvalue weighted by Gasteiger charge is 2.56. The van der Waals surface area contributed by atoms with Crippen LogP contribution in [0.3, 0.4) is 0 Å². The van der Waals surface area contributed by atoms with E-state index in [1.807, 2.05) is 0 Å². The van der Waals surface area contributed by atoms with Crippen LogP contribution in [0, 0.1) is 11.8 Å². The molecule has 0 unspecified atom stereocenters. The molecule has 3 aliphatic rings. The van der Waals surface area contributed by atoms with Crippen LogP contribution in [0.4, 0.5) is 0 Å². The Morgan fingerprint density at radius 2 is 0.889 bits per heavy atom. The number of allylic oxidation sites excluding steroid dienone is 4.